The molecule has 109 valence electrons. The lowest BCUT2D eigenvalue weighted by Gasteiger charge is -2.10. The first kappa shape index (κ1) is 18.0. The number of unbranched alkanes of at least 4 members (excludes halogenated alkanes) is 10. The van der Waals surface area contributed by atoms with Crippen LogP contribution in [0.3, 0.4) is 0 Å². The topological polar surface area (TPSA) is 0 Å². The Morgan fingerprint density at radius 2 is 1.11 bits per heavy atom. The van der Waals surface area contributed by atoms with Crippen molar-refractivity contribution < 1.29 is 0 Å². The first-order valence-electron chi connectivity index (χ1n) is 8.60. The van der Waals surface area contributed by atoms with Gasteiger partial charge in [-0.15, -0.1) is 0 Å². The van der Waals surface area contributed by atoms with Crippen molar-refractivity contribution in [2.45, 2.75) is 104 Å². The zero-order valence-electron chi connectivity index (χ0n) is 13.2. The van der Waals surface area contributed by atoms with E-state index in [1.54, 1.807) is 0 Å². The predicted molar refractivity (Wildman–Crippen MR) is 84.8 cm³/mol. The molecule has 0 aromatic carbocycles. The first-order valence-corrected chi connectivity index (χ1v) is 8.60. The summed E-state index contributed by atoms with van der Waals surface area (Å²) in [6.07, 6.45) is 19.8. The molecule has 1 unspecified atom stereocenters. The van der Waals surface area contributed by atoms with E-state index in [1.807, 2.05) is 0 Å². The van der Waals surface area contributed by atoms with Gasteiger partial charge in [-0.05, 0) is 5.92 Å². The van der Waals surface area contributed by atoms with Crippen molar-refractivity contribution in [3.63, 3.8) is 0 Å². The molecule has 0 amide bonds. The lowest BCUT2D eigenvalue weighted by atomic mass is 9.96. The van der Waals surface area contributed by atoms with Crippen LogP contribution in [-0.4, -0.2) is 0 Å². The smallest absolute Gasteiger partial charge is 0.0443 e. The Morgan fingerprint density at radius 1 is 0.667 bits per heavy atom. The van der Waals surface area contributed by atoms with E-state index in [4.69, 9.17) is 0 Å². The maximum Gasteiger partial charge on any atom is -0.0443 e. The Hall–Kier alpha value is 0. The van der Waals surface area contributed by atoms with Gasteiger partial charge in [0.2, 0.25) is 0 Å². The van der Waals surface area contributed by atoms with Crippen LogP contribution in [0.5, 0.6) is 0 Å². The van der Waals surface area contributed by atoms with Crippen molar-refractivity contribution in [1.29, 1.82) is 0 Å². The van der Waals surface area contributed by atoms with Gasteiger partial charge in [-0.25, -0.2) is 0 Å². The van der Waals surface area contributed by atoms with Gasteiger partial charge in [0.25, 0.3) is 0 Å². The fourth-order valence-electron chi connectivity index (χ4n) is 2.62. The molecule has 18 heavy (non-hydrogen) atoms. The highest BCUT2D eigenvalue weighted by atomic mass is 14.1. The molecule has 0 aromatic heterocycles. The van der Waals surface area contributed by atoms with Gasteiger partial charge in [0.1, 0.15) is 0 Å². The summed E-state index contributed by atoms with van der Waals surface area (Å²) in [7, 11) is 0. The predicted octanol–water partition coefficient (Wildman–Crippen LogP) is 6.94. The van der Waals surface area contributed by atoms with E-state index in [2.05, 4.69) is 20.8 Å². The fraction of sp³-hybridized carbons (Fsp3) is 0.944. The summed E-state index contributed by atoms with van der Waals surface area (Å²) in [6.45, 7) is 8.63. The van der Waals surface area contributed by atoms with E-state index in [0.717, 1.165) is 12.3 Å². The normalized spacial score (nSPS) is 12.8. The third-order valence-electron chi connectivity index (χ3n) is 4.00. The zero-order chi connectivity index (χ0) is 13.5. The number of hydrogen-bond acceptors (Lipinski definition) is 0. The highest BCUT2D eigenvalue weighted by molar-refractivity contribution is 4.56. The minimum Gasteiger partial charge on any atom is -0.0654 e. The Labute approximate surface area is 117 Å². The molecule has 0 rings (SSSR count). The van der Waals surface area contributed by atoms with Crippen LogP contribution in [0.2, 0.25) is 0 Å². The van der Waals surface area contributed by atoms with Crippen molar-refractivity contribution in [1.82, 2.24) is 0 Å². The minimum atomic E-state index is 0.954. The molecule has 0 saturated heterocycles. The molecule has 0 saturated carbocycles. The largest absolute Gasteiger partial charge is 0.0654 e. The third-order valence-corrected chi connectivity index (χ3v) is 4.00. The molecule has 1 atom stereocenters. The molecule has 0 spiro atoms. The zero-order valence-corrected chi connectivity index (χ0v) is 13.2. The van der Waals surface area contributed by atoms with Crippen LogP contribution >= 0.6 is 0 Å². The average molecular weight is 253 g/mol. The van der Waals surface area contributed by atoms with Crippen molar-refractivity contribution in [2.75, 3.05) is 0 Å². The van der Waals surface area contributed by atoms with Crippen molar-refractivity contribution in [2.24, 2.45) is 5.92 Å². The molecule has 0 fully saturated rings. The summed E-state index contributed by atoms with van der Waals surface area (Å²) in [4.78, 5) is 0. The summed E-state index contributed by atoms with van der Waals surface area (Å²) < 4.78 is 0. The number of hydrogen-bond donors (Lipinski definition) is 0. The second-order valence-electron chi connectivity index (χ2n) is 6.07. The molecule has 0 bridgehead atoms. The van der Waals surface area contributed by atoms with Gasteiger partial charge in [0.15, 0.2) is 0 Å². The summed E-state index contributed by atoms with van der Waals surface area (Å²) >= 11 is 0. The highest BCUT2D eigenvalue weighted by Crippen LogP contribution is 2.18. The van der Waals surface area contributed by atoms with Crippen LogP contribution in [0.25, 0.3) is 0 Å². The van der Waals surface area contributed by atoms with E-state index < -0.39 is 0 Å². The van der Waals surface area contributed by atoms with Crippen LogP contribution in [0.15, 0.2) is 0 Å². The summed E-state index contributed by atoms with van der Waals surface area (Å²) in [5, 5.41) is 0. The fourth-order valence-corrected chi connectivity index (χ4v) is 2.62. The monoisotopic (exact) mass is 253 g/mol. The van der Waals surface area contributed by atoms with E-state index in [9.17, 15) is 0 Å². The molecule has 0 heteroatoms. The molecule has 1 radical (unpaired) electrons. The van der Waals surface area contributed by atoms with Crippen LogP contribution in [0.1, 0.15) is 104 Å². The third kappa shape index (κ3) is 14.1. The van der Waals surface area contributed by atoms with E-state index in [0.29, 0.717) is 0 Å². The summed E-state index contributed by atoms with van der Waals surface area (Å²) in [6, 6.07) is 0. The molecular weight excluding hydrogens is 216 g/mol. The van der Waals surface area contributed by atoms with E-state index in [-0.39, 0.29) is 0 Å². The first-order chi connectivity index (χ1) is 8.81. The van der Waals surface area contributed by atoms with Crippen LogP contribution in [0.4, 0.5) is 0 Å². The Bertz CT molecular complexity index is 139. The van der Waals surface area contributed by atoms with Crippen LogP contribution in [0, 0.1) is 12.8 Å². The SMILES string of the molecule is [CH2]CCCCCC(C)CCCCCCCCCC. The van der Waals surface area contributed by atoms with Gasteiger partial charge >= 0.3 is 0 Å². The van der Waals surface area contributed by atoms with Gasteiger partial charge in [-0.1, -0.05) is 111 Å². The average Bonchev–Trinajstić information content (AvgIpc) is 2.38. The van der Waals surface area contributed by atoms with Crippen molar-refractivity contribution >= 4 is 0 Å². The Balaban J connectivity index is 3.08. The summed E-state index contributed by atoms with van der Waals surface area (Å²) in [5.41, 5.74) is 0. The quantitative estimate of drug-likeness (QED) is 0.294. The lowest BCUT2D eigenvalue weighted by molar-refractivity contribution is 0.434. The van der Waals surface area contributed by atoms with E-state index >= 15 is 0 Å². The van der Waals surface area contributed by atoms with Gasteiger partial charge in [-0.2, -0.15) is 0 Å². The molecular formula is C18H37. The molecule has 0 aliphatic heterocycles. The maximum absolute atomic E-state index is 3.90. The van der Waals surface area contributed by atoms with Crippen LogP contribution in [-0.2, 0) is 0 Å². The Morgan fingerprint density at radius 3 is 1.61 bits per heavy atom. The summed E-state index contributed by atoms with van der Waals surface area (Å²) in [5.74, 6) is 0.954. The van der Waals surface area contributed by atoms with Gasteiger partial charge < -0.3 is 0 Å². The van der Waals surface area contributed by atoms with E-state index in [1.165, 1.54) is 83.5 Å². The second kappa shape index (κ2) is 15.1. The van der Waals surface area contributed by atoms with Gasteiger partial charge in [0, 0.05) is 0 Å². The molecule has 0 aliphatic rings. The minimum absolute atomic E-state index is 0.954. The molecule has 0 aliphatic carbocycles. The molecule has 0 nitrogen and oxygen atoms in total. The second-order valence-corrected chi connectivity index (χ2v) is 6.07. The molecule has 0 N–H and O–H groups in total. The van der Waals surface area contributed by atoms with Gasteiger partial charge in [-0.3, -0.25) is 0 Å². The highest BCUT2D eigenvalue weighted by Gasteiger charge is 2.01. The molecule has 0 heterocycles. The Kier molecular flexibility index (Phi) is 15.1. The van der Waals surface area contributed by atoms with Crippen molar-refractivity contribution in [3.05, 3.63) is 6.92 Å². The van der Waals surface area contributed by atoms with Gasteiger partial charge in [0.05, 0.1) is 0 Å². The van der Waals surface area contributed by atoms with Crippen LogP contribution < -0.4 is 0 Å². The lowest BCUT2D eigenvalue weighted by Crippen LogP contribution is -1.95. The standard InChI is InChI=1S/C18H37/c1-4-6-8-10-11-12-13-15-17-18(3)16-14-9-7-5-2/h18H,2,4-17H2,1,3H3. The number of rotatable bonds is 14. The molecule has 0 aromatic rings. The van der Waals surface area contributed by atoms with Crippen molar-refractivity contribution in [3.8, 4) is 0 Å². The maximum atomic E-state index is 3.90.